The van der Waals surface area contributed by atoms with Gasteiger partial charge >= 0.3 is 0 Å². The van der Waals surface area contributed by atoms with Crippen molar-refractivity contribution in [2.45, 2.75) is 57.5 Å². The van der Waals surface area contributed by atoms with Crippen LogP contribution in [0.5, 0.6) is 0 Å². The molecule has 1 heterocycles. The molecule has 108 valence electrons. The van der Waals surface area contributed by atoms with E-state index < -0.39 is 0 Å². The lowest BCUT2D eigenvalue weighted by Gasteiger charge is -2.33. The van der Waals surface area contributed by atoms with Crippen molar-refractivity contribution in [3.63, 3.8) is 0 Å². The minimum atomic E-state index is -0.118. The van der Waals surface area contributed by atoms with Crippen LogP contribution in [0.3, 0.4) is 0 Å². The van der Waals surface area contributed by atoms with Gasteiger partial charge in [0.1, 0.15) is 6.10 Å². The quantitative estimate of drug-likeness (QED) is 0.765. The molecule has 0 N–H and O–H groups in total. The van der Waals surface area contributed by atoms with E-state index in [0.29, 0.717) is 11.7 Å². The number of ketones is 1. The second-order valence-corrected chi connectivity index (χ2v) is 6.63. The molecule has 1 aliphatic heterocycles. The molecule has 2 aliphatic carbocycles. The lowest BCUT2D eigenvalue weighted by Crippen LogP contribution is -2.47. The highest BCUT2D eigenvalue weighted by Crippen LogP contribution is 2.32. The predicted octanol–water partition coefficient (Wildman–Crippen LogP) is 2.64. The lowest BCUT2D eigenvalue weighted by atomic mass is 9.87. The summed E-state index contributed by atoms with van der Waals surface area (Å²) in [5, 5.41) is 0. The van der Waals surface area contributed by atoms with E-state index in [9.17, 15) is 4.79 Å². The molecule has 0 bridgehead atoms. The predicted molar refractivity (Wildman–Crippen MR) is 75.1 cm³/mol. The van der Waals surface area contributed by atoms with Crippen LogP contribution < -0.4 is 0 Å². The Balaban J connectivity index is 1.41. The minimum absolute atomic E-state index is 0.118. The summed E-state index contributed by atoms with van der Waals surface area (Å²) >= 11 is 0. The molecule has 3 nitrogen and oxygen atoms in total. The van der Waals surface area contributed by atoms with Gasteiger partial charge in [-0.2, -0.15) is 0 Å². The molecule has 19 heavy (non-hydrogen) atoms. The maximum atomic E-state index is 12.1. The number of rotatable bonds is 5. The largest absolute Gasteiger partial charge is 0.368 e. The zero-order valence-corrected chi connectivity index (χ0v) is 12.0. The van der Waals surface area contributed by atoms with E-state index in [2.05, 4.69) is 4.90 Å². The van der Waals surface area contributed by atoms with Crippen LogP contribution in [0, 0.1) is 11.8 Å². The molecule has 3 heteroatoms. The Morgan fingerprint density at radius 1 is 1.11 bits per heavy atom. The minimum Gasteiger partial charge on any atom is -0.368 e. The summed E-state index contributed by atoms with van der Waals surface area (Å²) < 4.78 is 5.67. The first-order chi connectivity index (χ1) is 9.33. The Bertz CT molecular complexity index is 308. The van der Waals surface area contributed by atoms with Gasteiger partial charge in [0, 0.05) is 19.0 Å². The molecule has 1 saturated heterocycles. The maximum Gasteiger partial charge on any atom is 0.165 e. The summed E-state index contributed by atoms with van der Waals surface area (Å²) in [7, 11) is 0. The topological polar surface area (TPSA) is 29.5 Å². The Morgan fingerprint density at radius 3 is 2.63 bits per heavy atom. The fourth-order valence-corrected chi connectivity index (χ4v) is 3.55. The molecule has 3 rings (SSSR count). The number of hydrogen-bond donors (Lipinski definition) is 0. The molecule has 0 aromatic heterocycles. The number of carbonyl (C=O) groups excluding carboxylic acids is 1. The van der Waals surface area contributed by atoms with Gasteiger partial charge in [0.15, 0.2) is 5.78 Å². The van der Waals surface area contributed by atoms with Crippen molar-refractivity contribution < 1.29 is 9.53 Å². The monoisotopic (exact) mass is 265 g/mol. The number of Topliss-reactive ketones (excluding diaryl/α,β-unsaturated/α-hetero) is 1. The van der Waals surface area contributed by atoms with Gasteiger partial charge in [-0.1, -0.05) is 32.1 Å². The zero-order valence-electron chi connectivity index (χ0n) is 12.0. The van der Waals surface area contributed by atoms with E-state index in [1.165, 1.54) is 45.1 Å². The third-order valence-electron chi connectivity index (χ3n) is 5.03. The second-order valence-electron chi connectivity index (χ2n) is 6.63. The van der Waals surface area contributed by atoms with E-state index in [0.717, 1.165) is 38.5 Å². The Labute approximate surface area is 116 Å². The summed E-state index contributed by atoms with van der Waals surface area (Å²) in [5.74, 6) is 1.65. The van der Waals surface area contributed by atoms with Crippen molar-refractivity contribution >= 4 is 5.78 Å². The molecule has 2 saturated carbocycles. The normalized spacial score (nSPS) is 30.4. The van der Waals surface area contributed by atoms with Gasteiger partial charge in [-0.05, 0) is 31.7 Å². The van der Waals surface area contributed by atoms with Crippen LogP contribution in [0.2, 0.25) is 0 Å². The molecular formula is C16H27NO2. The molecule has 0 aromatic rings. The fraction of sp³-hybridized carbons (Fsp3) is 0.938. The van der Waals surface area contributed by atoms with Crippen molar-refractivity contribution in [2.75, 3.05) is 26.2 Å². The van der Waals surface area contributed by atoms with Gasteiger partial charge in [0.25, 0.3) is 0 Å². The number of morpholine rings is 1. The molecule has 3 aliphatic rings. The van der Waals surface area contributed by atoms with Crippen LogP contribution in [0.1, 0.15) is 51.4 Å². The number of hydrogen-bond acceptors (Lipinski definition) is 3. The third kappa shape index (κ3) is 3.79. The Hall–Kier alpha value is -0.410. The SMILES string of the molecule is O=C(C1CC1)[C@@H]1CN(CCC2CCCCC2)CCO1. The van der Waals surface area contributed by atoms with Crippen molar-refractivity contribution in [1.82, 2.24) is 4.90 Å². The summed E-state index contributed by atoms with van der Waals surface area (Å²) in [6, 6.07) is 0. The number of nitrogens with zero attached hydrogens (tertiary/aromatic N) is 1. The van der Waals surface area contributed by atoms with Gasteiger partial charge < -0.3 is 4.74 Å². The molecule has 1 atom stereocenters. The summed E-state index contributed by atoms with van der Waals surface area (Å²) in [4.78, 5) is 14.5. The first-order valence-corrected chi connectivity index (χ1v) is 8.20. The van der Waals surface area contributed by atoms with Gasteiger partial charge in [-0.15, -0.1) is 0 Å². The van der Waals surface area contributed by atoms with Crippen molar-refractivity contribution in [3.05, 3.63) is 0 Å². The summed E-state index contributed by atoms with van der Waals surface area (Å²) in [5.41, 5.74) is 0. The standard InChI is InChI=1S/C16H27NO2/c18-16(14-6-7-14)15-12-17(10-11-19-15)9-8-13-4-2-1-3-5-13/h13-15H,1-12H2/t15-/m0/s1. The Kier molecular flexibility index (Phi) is 4.54. The van der Waals surface area contributed by atoms with Crippen LogP contribution in [-0.2, 0) is 9.53 Å². The summed E-state index contributed by atoms with van der Waals surface area (Å²) in [6.45, 7) is 3.78. The van der Waals surface area contributed by atoms with Crippen molar-refractivity contribution in [2.24, 2.45) is 11.8 Å². The van der Waals surface area contributed by atoms with E-state index in [-0.39, 0.29) is 6.10 Å². The van der Waals surface area contributed by atoms with Crippen LogP contribution >= 0.6 is 0 Å². The first-order valence-electron chi connectivity index (χ1n) is 8.20. The van der Waals surface area contributed by atoms with Gasteiger partial charge in [0.05, 0.1) is 6.61 Å². The van der Waals surface area contributed by atoms with Gasteiger partial charge in [0.2, 0.25) is 0 Å². The highest BCUT2D eigenvalue weighted by atomic mass is 16.5. The van der Waals surface area contributed by atoms with Crippen molar-refractivity contribution in [3.8, 4) is 0 Å². The molecule has 0 aromatic carbocycles. The van der Waals surface area contributed by atoms with Crippen LogP contribution in [0.15, 0.2) is 0 Å². The third-order valence-corrected chi connectivity index (χ3v) is 5.03. The molecule has 0 radical (unpaired) electrons. The lowest BCUT2D eigenvalue weighted by molar-refractivity contribution is -0.137. The maximum absolute atomic E-state index is 12.1. The fourth-order valence-electron chi connectivity index (χ4n) is 3.55. The van der Waals surface area contributed by atoms with Crippen LogP contribution in [0.25, 0.3) is 0 Å². The average molecular weight is 265 g/mol. The van der Waals surface area contributed by atoms with Crippen LogP contribution in [0.4, 0.5) is 0 Å². The van der Waals surface area contributed by atoms with E-state index in [1.54, 1.807) is 0 Å². The highest BCUT2D eigenvalue weighted by Gasteiger charge is 2.37. The molecule has 0 spiro atoms. The van der Waals surface area contributed by atoms with Crippen molar-refractivity contribution in [1.29, 1.82) is 0 Å². The Morgan fingerprint density at radius 2 is 1.89 bits per heavy atom. The molecule has 3 fully saturated rings. The number of carbonyl (C=O) groups is 1. The van der Waals surface area contributed by atoms with E-state index in [4.69, 9.17) is 4.74 Å². The highest BCUT2D eigenvalue weighted by molar-refractivity contribution is 5.87. The van der Waals surface area contributed by atoms with Crippen LogP contribution in [-0.4, -0.2) is 43.0 Å². The molecule has 0 unspecified atom stereocenters. The first kappa shape index (κ1) is 13.6. The molecular weight excluding hydrogens is 238 g/mol. The van der Waals surface area contributed by atoms with E-state index >= 15 is 0 Å². The van der Waals surface area contributed by atoms with Gasteiger partial charge in [-0.25, -0.2) is 0 Å². The zero-order chi connectivity index (χ0) is 13.1. The van der Waals surface area contributed by atoms with E-state index in [1.807, 2.05) is 0 Å². The molecule has 0 amide bonds. The van der Waals surface area contributed by atoms with Gasteiger partial charge in [-0.3, -0.25) is 9.69 Å². The summed E-state index contributed by atoms with van der Waals surface area (Å²) in [6.07, 6.45) is 10.5. The second kappa shape index (κ2) is 6.36. The number of ether oxygens (including phenoxy) is 1. The average Bonchev–Trinajstić information content (AvgIpc) is 3.30. The smallest absolute Gasteiger partial charge is 0.165 e.